The predicted molar refractivity (Wildman–Crippen MR) is 462 cm³/mol. The molecule has 124 heavy (non-hydrogen) atoms. The van der Waals surface area contributed by atoms with Crippen molar-refractivity contribution in [3.8, 4) is 23.0 Å². The topological polar surface area (TPSA) is 756 Å². The van der Waals surface area contributed by atoms with Crippen LogP contribution in [0.25, 0.3) is 0 Å². The lowest BCUT2D eigenvalue weighted by Crippen LogP contribution is -2.60. The van der Waals surface area contributed by atoms with Crippen molar-refractivity contribution < 1.29 is 78.0 Å². The van der Waals surface area contributed by atoms with Gasteiger partial charge in [-0.2, -0.15) is 0 Å². The van der Waals surface area contributed by atoms with Crippen molar-refractivity contribution in [2.75, 3.05) is 26.2 Å². The number of carbonyl (C=O) groups is 12. The van der Waals surface area contributed by atoms with E-state index in [2.05, 4.69) is 85.5 Å². The van der Waals surface area contributed by atoms with Gasteiger partial charge in [0.05, 0.1) is 6.04 Å². The summed E-state index contributed by atoms with van der Waals surface area (Å²) in [6, 6.07) is 8.77. The molecule has 0 aromatic heterocycles. The SMILES string of the molecule is CC(C)CC(NC(=O)[C@H](CCCNC(=N)N)NC(=O)C(Cc1ccc(O)cc1)NNC(=O)C(C)CCCCC(N)C(=O)NNC(Cc1ccc(O)cc1)C(=O)N[C@@H](CCCNC(=N)N)C(=O)NC(CC(C)C)C(=O)N[C@@H](CCCNC(=N)N)C(=O)NC(Cc1ccc(O)cc1)C(N)=O)C(=O)N[C@@H](CCCNC(=N)N)C(=O)NC(Cc1ccc(O)cc1)C(N)=O. The van der Waals surface area contributed by atoms with Gasteiger partial charge in [-0.3, -0.25) is 90.0 Å². The number of guanidine groups is 4. The van der Waals surface area contributed by atoms with E-state index >= 15 is 0 Å². The van der Waals surface area contributed by atoms with Crippen molar-refractivity contribution in [2.24, 2.45) is 57.9 Å². The Morgan fingerprint density at radius 3 is 0.774 bits per heavy atom. The second-order valence-electron chi connectivity index (χ2n) is 31.1. The molecule has 0 saturated carbocycles. The van der Waals surface area contributed by atoms with E-state index in [1.54, 1.807) is 34.6 Å². The second kappa shape index (κ2) is 54.1. The number of hydrazine groups is 2. The van der Waals surface area contributed by atoms with Gasteiger partial charge in [-0.15, -0.1) is 0 Å². The zero-order valence-electron chi connectivity index (χ0n) is 70.6. The number of benzene rings is 4. The fourth-order valence-corrected chi connectivity index (χ4v) is 12.7. The number of nitrogens with one attached hydrogen (secondary N) is 20. The van der Waals surface area contributed by atoms with Crippen molar-refractivity contribution in [3.05, 3.63) is 119 Å². The summed E-state index contributed by atoms with van der Waals surface area (Å²) in [5, 5.41) is 102. The van der Waals surface area contributed by atoms with Crippen LogP contribution in [0.3, 0.4) is 0 Å². The fraction of sp³-hybridized carbons (Fsp3) is 0.506. The van der Waals surface area contributed by atoms with E-state index in [0.29, 0.717) is 35.1 Å². The zero-order valence-corrected chi connectivity index (χ0v) is 70.6. The molecule has 43 nitrogen and oxygen atoms in total. The van der Waals surface area contributed by atoms with Gasteiger partial charge in [0.1, 0.15) is 83.4 Å². The third kappa shape index (κ3) is 40.8. The molecule has 0 saturated heterocycles. The predicted octanol–water partition coefficient (Wildman–Crippen LogP) is -3.72. The van der Waals surface area contributed by atoms with Gasteiger partial charge in [-0.1, -0.05) is 96.0 Å². The van der Waals surface area contributed by atoms with E-state index in [9.17, 15) is 78.0 Å². The first kappa shape index (κ1) is 103. The minimum atomic E-state index is -1.41. The highest BCUT2D eigenvalue weighted by molar-refractivity contribution is 5.98. The number of carbonyl (C=O) groups excluding carboxylic acids is 12. The first-order valence-electron chi connectivity index (χ1n) is 41.0. The summed E-state index contributed by atoms with van der Waals surface area (Å²) in [7, 11) is 0. The third-order valence-corrected chi connectivity index (χ3v) is 19.5. The van der Waals surface area contributed by atoms with Crippen LogP contribution in [0.1, 0.15) is 147 Å². The molecule has 4 aromatic rings. The molecule has 0 radical (unpaired) electrons. The maximum absolute atomic E-state index is 14.6. The van der Waals surface area contributed by atoms with Crippen LogP contribution in [0.2, 0.25) is 0 Å². The van der Waals surface area contributed by atoms with Crippen molar-refractivity contribution in [2.45, 2.75) is 217 Å². The van der Waals surface area contributed by atoms with Gasteiger partial charge >= 0.3 is 0 Å². The van der Waals surface area contributed by atoms with Crippen molar-refractivity contribution in [1.29, 1.82) is 21.6 Å². The number of unbranched alkanes of at least 4 members (excludes halogenated alkanes) is 1. The molecule has 0 spiro atoms. The van der Waals surface area contributed by atoms with Crippen LogP contribution in [-0.4, -0.2) is 208 Å². The number of hydrogen-bond acceptors (Lipinski definition) is 23. The molecule has 0 heterocycles. The number of hydrogen-bond donors (Lipinski definition) is 31. The van der Waals surface area contributed by atoms with Crippen LogP contribution in [0, 0.1) is 39.4 Å². The monoisotopic (exact) mass is 1730 g/mol. The van der Waals surface area contributed by atoms with Gasteiger partial charge in [0.2, 0.25) is 65.0 Å². The Bertz CT molecular complexity index is 3920. The number of nitrogens with two attached hydrogens (primary N) is 7. The molecule has 4 aromatic carbocycles. The average Bonchev–Trinajstić information content (AvgIpc) is 0.851. The Morgan fingerprint density at radius 2 is 0.516 bits per heavy atom. The normalized spacial score (nSPS) is 14.0. The van der Waals surface area contributed by atoms with E-state index in [1.165, 1.54) is 97.1 Å². The van der Waals surface area contributed by atoms with Gasteiger partial charge in [-0.05, 0) is 173 Å². The highest BCUT2D eigenvalue weighted by atomic mass is 16.3. The van der Waals surface area contributed by atoms with Crippen molar-refractivity contribution in [3.63, 3.8) is 0 Å². The first-order chi connectivity index (χ1) is 58.7. The number of amides is 12. The molecule has 12 amide bonds. The summed E-state index contributed by atoms with van der Waals surface area (Å²) in [4.78, 5) is 169. The summed E-state index contributed by atoms with van der Waals surface area (Å²) in [6.07, 6.45) is 0.816. The Balaban J connectivity index is 1.49. The maximum atomic E-state index is 14.6. The highest BCUT2D eigenvalue weighted by Gasteiger charge is 2.36. The quantitative estimate of drug-likeness (QED) is 0.00875. The van der Waals surface area contributed by atoms with Crippen LogP contribution in [0.15, 0.2) is 97.1 Å². The molecule has 43 heteroatoms. The largest absolute Gasteiger partial charge is 0.508 e. The number of phenols is 4. The number of rotatable bonds is 57. The van der Waals surface area contributed by atoms with Crippen molar-refractivity contribution in [1.82, 2.24) is 85.5 Å². The molecule has 12 atom stereocenters. The number of primary amides is 2. The van der Waals surface area contributed by atoms with Crippen molar-refractivity contribution >= 4 is 94.7 Å². The molecular formula is C81H127N27O16. The lowest BCUT2D eigenvalue weighted by Gasteiger charge is -2.28. The fourth-order valence-electron chi connectivity index (χ4n) is 12.7. The van der Waals surface area contributed by atoms with Gasteiger partial charge in [0.15, 0.2) is 23.8 Å². The van der Waals surface area contributed by atoms with E-state index in [4.69, 9.17) is 61.8 Å². The van der Waals surface area contributed by atoms with E-state index in [0.717, 1.165) is 0 Å². The van der Waals surface area contributed by atoms with Crippen LogP contribution in [0.4, 0.5) is 0 Å². The molecule has 0 fully saturated rings. The van der Waals surface area contributed by atoms with E-state index in [-0.39, 0.29) is 188 Å². The Kier molecular flexibility index (Phi) is 45.0. The molecule has 8 unspecified atom stereocenters. The smallest absolute Gasteiger partial charge is 0.250 e. The lowest BCUT2D eigenvalue weighted by atomic mass is 10.00. The van der Waals surface area contributed by atoms with Gasteiger partial charge < -0.3 is 124 Å². The van der Waals surface area contributed by atoms with Crippen LogP contribution < -0.4 is 126 Å². The molecule has 682 valence electrons. The molecule has 4 rings (SSSR count). The van der Waals surface area contributed by atoms with Gasteiger partial charge in [0.25, 0.3) is 5.91 Å². The maximum Gasteiger partial charge on any atom is 0.250 e. The van der Waals surface area contributed by atoms with Crippen LogP contribution in [-0.2, 0) is 83.2 Å². The molecular weight excluding hydrogens is 1610 g/mol. The minimum absolute atomic E-state index is 0.00975. The average molecular weight is 1740 g/mol. The molecule has 38 N–H and O–H groups in total. The molecule has 0 bridgehead atoms. The summed E-state index contributed by atoms with van der Waals surface area (Å²) in [5.41, 5.74) is 52.6. The minimum Gasteiger partial charge on any atom is -0.508 e. The second-order valence-corrected chi connectivity index (χ2v) is 31.1. The molecule has 0 aliphatic heterocycles. The standard InChI is InChI=1S/C81H127N27O16/c1-44(2)38-62(74(121)97-56(14-8-34-93-78(85)86)70(117)101-60(66(83)113)40-47-18-26-51(109)27-19-47)103-72(119)58(16-10-36-95-80(89)90)99-76(123)64(42-49-22-30-53(111)31-23-49)105-107-68(115)46(5)12-6-7-13-55(82)69(116)108-106-65(43-50-24-32-54(112)33-25-50)77(124)100-59(17-11-37-96-81(91)92)73(120)104-63(39-45(3)4)75(122)98-57(15-9-35-94-79(87)88)71(118)102-61(67(84)114)41-48-20-28-52(110)29-21-48/h18-33,44-46,55-65,105-106,109-112H,6-17,34-43,82H2,1-5H3,(H2,83,113)(H2,84,114)(H,97,121)(H,98,122)(H,99,123)(H,100,124)(H,101,117)(H,102,118)(H,103,119)(H,104,120)(H,107,115)(H,108,116)(H4,85,86,93)(H4,87,88,94)(H4,89,90,95)(H4,91,92,96)/t46?,55?,56-,57-,58-,59-,60?,61?,62?,63?,64?,65?/m0/s1. The summed E-state index contributed by atoms with van der Waals surface area (Å²) in [5.74, 6) is -12.7. The molecule has 0 aliphatic carbocycles. The first-order valence-corrected chi connectivity index (χ1v) is 41.0. The highest BCUT2D eigenvalue weighted by Crippen LogP contribution is 2.19. The summed E-state index contributed by atoms with van der Waals surface area (Å²) in [6.45, 7) is 9.09. The zero-order chi connectivity index (χ0) is 92.1. The van der Waals surface area contributed by atoms with Gasteiger partial charge in [-0.25, -0.2) is 10.9 Å². The third-order valence-electron chi connectivity index (χ3n) is 19.5. The van der Waals surface area contributed by atoms with E-state index < -0.39 is 143 Å². The Morgan fingerprint density at radius 1 is 0.290 bits per heavy atom. The molecule has 0 aliphatic rings. The lowest BCUT2D eigenvalue weighted by molar-refractivity contribution is -0.135. The van der Waals surface area contributed by atoms with Gasteiger partial charge in [0, 0.05) is 44.9 Å². The van der Waals surface area contributed by atoms with Crippen LogP contribution in [0.5, 0.6) is 23.0 Å². The summed E-state index contributed by atoms with van der Waals surface area (Å²) < 4.78 is 0. The Labute approximate surface area is 719 Å². The summed E-state index contributed by atoms with van der Waals surface area (Å²) >= 11 is 0. The van der Waals surface area contributed by atoms with Crippen LogP contribution >= 0.6 is 0 Å². The van der Waals surface area contributed by atoms with E-state index in [1.807, 2.05) is 0 Å². The number of phenolic OH excluding ortho intramolecular Hbond substituents is 4. The number of aromatic hydroxyl groups is 4. The Hall–Kier alpha value is -13.3.